The van der Waals surface area contributed by atoms with Crippen molar-refractivity contribution in [1.82, 2.24) is 4.98 Å². The number of nitrogens with zero attached hydrogens (tertiary/aromatic N) is 1. The topological polar surface area (TPSA) is 57.4 Å². The van der Waals surface area contributed by atoms with Crippen molar-refractivity contribution in [2.45, 2.75) is 13.0 Å². The van der Waals surface area contributed by atoms with Crippen LogP contribution >= 0.6 is 0 Å². The van der Waals surface area contributed by atoms with Gasteiger partial charge in [0.05, 0.1) is 6.61 Å². The molecule has 0 aromatic carbocycles. The summed E-state index contributed by atoms with van der Waals surface area (Å²) < 4.78 is 10.2. The average molecular weight is 196 g/mol. The molecular formula is C10H16N2O2. The third kappa shape index (κ3) is 3.32. The van der Waals surface area contributed by atoms with Crippen LogP contribution in [0.4, 0.5) is 0 Å². The molecule has 0 radical (unpaired) electrons. The molecule has 1 aromatic heterocycles. The van der Waals surface area contributed by atoms with Gasteiger partial charge in [-0.15, -0.1) is 0 Å². The van der Waals surface area contributed by atoms with Crippen LogP contribution in [0.5, 0.6) is 5.88 Å². The fourth-order valence-corrected chi connectivity index (χ4v) is 0.976. The number of aromatic nitrogens is 1. The quantitative estimate of drug-likeness (QED) is 0.717. The summed E-state index contributed by atoms with van der Waals surface area (Å²) in [6.07, 6.45) is 1.73. The molecule has 0 bridgehead atoms. The van der Waals surface area contributed by atoms with Gasteiger partial charge in [-0.3, -0.25) is 0 Å². The summed E-state index contributed by atoms with van der Waals surface area (Å²) in [6.45, 7) is 3.00. The van der Waals surface area contributed by atoms with Gasteiger partial charge in [0.25, 0.3) is 0 Å². The molecule has 4 heteroatoms. The Kier molecular flexibility index (Phi) is 4.35. The summed E-state index contributed by atoms with van der Waals surface area (Å²) in [4.78, 5) is 4.11. The molecule has 2 N–H and O–H groups in total. The van der Waals surface area contributed by atoms with Crippen molar-refractivity contribution < 1.29 is 9.47 Å². The van der Waals surface area contributed by atoms with Crippen molar-refractivity contribution in [3.8, 4) is 5.88 Å². The number of pyridine rings is 1. The third-order valence-corrected chi connectivity index (χ3v) is 1.82. The Balaban J connectivity index is 2.47. The van der Waals surface area contributed by atoms with Crippen LogP contribution in [-0.2, 0) is 4.74 Å². The van der Waals surface area contributed by atoms with Crippen LogP contribution in [0, 0.1) is 0 Å². The Bertz CT molecular complexity index is 259. The van der Waals surface area contributed by atoms with Gasteiger partial charge in [-0.1, -0.05) is 6.07 Å². The first kappa shape index (κ1) is 10.9. The van der Waals surface area contributed by atoms with E-state index in [0.717, 1.165) is 5.56 Å². The lowest BCUT2D eigenvalue weighted by Gasteiger charge is -2.07. The molecule has 14 heavy (non-hydrogen) atoms. The van der Waals surface area contributed by atoms with E-state index in [0.29, 0.717) is 19.1 Å². The van der Waals surface area contributed by atoms with E-state index in [9.17, 15) is 0 Å². The number of nitrogens with two attached hydrogens (primary N) is 1. The highest BCUT2D eigenvalue weighted by Gasteiger charge is 2.00. The third-order valence-electron chi connectivity index (χ3n) is 1.82. The maximum atomic E-state index is 5.68. The lowest BCUT2D eigenvalue weighted by molar-refractivity contribution is 0.143. The van der Waals surface area contributed by atoms with Crippen molar-refractivity contribution >= 4 is 0 Å². The standard InChI is InChI=1S/C10H16N2O2/c1-8(11)9-3-4-10(12-7-9)14-6-5-13-2/h3-4,7-8H,5-6,11H2,1-2H3/t8-/m0/s1. The lowest BCUT2D eigenvalue weighted by atomic mass is 10.2. The number of ether oxygens (including phenoxy) is 2. The van der Waals surface area contributed by atoms with Crippen LogP contribution in [0.15, 0.2) is 18.3 Å². The zero-order chi connectivity index (χ0) is 10.4. The smallest absolute Gasteiger partial charge is 0.213 e. The van der Waals surface area contributed by atoms with E-state index in [1.807, 2.05) is 19.1 Å². The lowest BCUT2D eigenvalue weighted by Crippen LogP contribution is -2.07. The molecule has 0 spiro atoms. The molecule has 1 rings (SSSR count). The molecule has 1 aromatic rings. The molecular weight excluding hydrogens is 180 g/mol. The second-order valence-corrected chi connectivity index (χ2v) is 3.06. The molecule has 0 aliphatic rings. The Hall–Kier alpha value is -1.13. The van der Waals surface area contributed by atoms with E-state index < -0.39 is 0 Å². The van der Waals surface area contributed by atoms with Gasteiger partial charge >= 0.3 is 0 Å². The molecule has 0 saturated heterocycles. The first-order valence-corrected chi connectivity index (χ1v) is 4.57. The normalized spacial score (nSPS) is 12.5. The van der Waals surface area contributed by atoms with E-state index in [1.54, 1.807) is 13.3 Å². The molecule has 0 unspecified atom stereocenters. The number of methoxy groups -OCH3 is 1. The average Bonchev–Trinajstić information content (AvgIpc) is 2.19. The maximum Gasteiger partial charge on any atom is 0.213 e. The van der Waals surface area contributed by atoms with Gasteiger partial charge in [0.15, 0.2) is 0 Å². The second kappa shape index (κ2) is 5.57. The number of hydrogen-bond acceptors (Lipinski definition) is 4. The van der Waals surface area contributed by atoms with Crippen LogP contribution in [0.25, 0.3) is 0 Å². The summed E-state index contributed by atoms with van der Waals surface area (Å²) in [5, 5.41) is 0. The van der Waals surface area contributed by atoms with Crippen molar-refractivity contribution in [1.29, 1.82) is 0 Å². The largest absolute Gasteiger partial charge is 0.475 e. The van der Waals surface area contributed by atoms with Crippen molar-refractivity contribution in [3.05, 3.63) is 23.9 Å². The predicted molar refractivity (Wildman–Crippen MR) is 54.2 cm³/mol. The van der Waals surface area contributed by atoms with Crippen molar-refractivity contribution in [2.75, 3.05) is 20.3 Å². The molecule has 1 heterocycles. The van der Waals surface area contributed by atoms with Crippen LogP contribution in [0.1, 0.15) is 18.5 Å². The Labute approximate surface area is 84.0 Å². The Morgan fingerprint density at radius 2 is 2.21 bits per heavy atom. The minimum Gasteiger partial charge on any atom is -0.475 e. The van der Waals surface area contributed by atoms with E-state index in [1.165, 1.54) is 0 Å². The highest BCUT2D eigenvalue weighted by molar-refractivity contribution is 5.19. The fourth-order valence-electron chi connectivity index (χ4n) is 0.976. The SMILES string of the molecule is COCCOc1ccc([C@H](C)N)cn1. The number of hydrogen-bond donors (Lipinski definition) is 1. The summed E-state index contributed by atoms with van der Waals surface area (Å²) >= 11 is 0. The predicted octanol–water partition coefficient (Wildman–Crippen LogP) is 1.13. The van der Waals surface area contributed by atoms with Gasteiger partial charge in [-0.25, -0.2) is 4.98 Å². The molecule has 1 atom stereocenters. The summed E-state index contributed by atoms with van der Waals surface area (Å²) in [6, 6.07) is 3.74. The van der Waals surface area contributed by atoms with E-state index in [2.05, 4.69) is 4.98 Å². The van der Waals surface area contributed by atoms with E-state index in [4.69, 9.17) is 15.2 Å². The molecule has 0 saturated carbocycles. The first-order chi connectivity index (χ1) is 6.74. The van der Waals surface area contributed by atoms with E-state index >= 15 is 0 Å². The molecule has 0 fully saturated rings. The van der Waals surface area contributed by atoms with Crippen molar-refractivity contribution in [2.24, 2.45) is 5.73 Å². The van der Waals surface area contributed by atoms with Gasteiger partial charge in [-0.05, 0) is 12.5 Å². The van der Waals surface area contributed by atoms with Gasteiger partial charge < -0.3 is 15.2 Å². The van der Waals surface area contributed by atoms with Crippen LogP contribution in [0.2, 0.25) is 0 Å². The molecule has 0 aliphatic heterocycles. The zero-order valence-electron chi connectivity index (χ0n) is 8.56. The van der Waals surface area contributed by atoms with Gasteiger partial charge in [0, 0.05) is 25.4 Å². The van der Waals surface area contributed by atoms with Crippen molar-refractivity contribution in [3.63, 3.8) is 0 Å². The monoisotopic (exact) mass is 196 g/mol. The molecule has 0 aliphatic carbocycles. The number of rotatable bonds is 5. The highest BCUT2D eigenvalue weighted by Crippen LogP contribution is 2.12. The molecule has 78 valence electrons. The van der Waals surface area contributed by atoms with Gasteiger partial charge in [-0.2, -0.15) is 0 Å². The minimum atomic E-state index is 0.00975. The fraction of sp³-hybridized carbons (Fsp3) is 0.500. The Morgan fingerprint density at radius 3 is 2.71 bits per heavy atom. The van der Waals surface area contributed by atoms with Crippen LogP contribution in [0.3, 0.4) is 0 Å². The zero-order valence-corrected chi connectivity index (χ0v) is 8.56. The van der Waals surface area contributed by atoms with Gasteiger partial charge in [0.1, 0.15) is 6.61 Å². The molecule has 4 nitrogen and oxygen atoms in total. The van der Waals surface area contributed by atoms with Crippen LogP contribution < -0.4 is 10.5 Å². The summed E-state index contributed by atoms with van der Waals surface area (Å²) in [7, 11) is 1.63. The summed E-state index contributed by atoms with van der Waals surface area (Å²) in [5.41, 5.74) is 6.69. The Morgan fingerprint density at radius 1 is 1.43 bits per heavy atom. The van der Waals surface area contributed by atoms with E-state index in [-0.39, 0.29) is 6.04 Å². The molecule has 0 amide bonds. The highest BCUT2D eigenvalue weighted by atomic mass is 16.5. The second-order valence-electron chi connectivity index (χ2n) is 3.06. The first-order valence-electron chi connectivity index (χ1n) is 4.57. The summed E-state index contributed by atoms with van der Waals surface area (Å²) in [5.74, 6) is 0.603. The van der Waals surface area contributed by atoms with Crippen LogP contribution in [-0.4, -0.2) is 25.3 Å². The van der Waals surface area contributed by atoms with Gasteiger partial charge in [0.2, 0.25) is 5.88 Å². The minimum absolute atomic E-state index is 0.00975. The maximum absolute atomic E-state index is 5.68.